The van der Waals surface area contributed by atoms with Gasteiger partial charge in [0.15, 0.2) is 0 Å². The van der Waals surface area contributed by atoms with E-state index < -0.39 is 0 Å². The van der Waals surface area contributed by atoms with Crippen LogP contribution in [-0.2, 0) is 16.1 Å². The van der Waals surface area contributed by atoms with Crippen LogP contribution in [0.25, 0.3) is 0 Å². The Hall–Kier alpha value is -1.91. The highest BCUT2D eigenvalue weighted by atomic mass is 19.1. The molecule has 0 aromatic heterocycles. The van der Waals surface area contributed by atoms with Crippen molar-refractivity contribution in [2.45, 2.75) is 25.9 Å². The number of amidine groups is 1. The van der Waals surface area contributed by atoms with Crippen LogP contribution in [0.15, 0.2) is 18.2 Å². The minimum absolute atomic E-state index is 0.139. The molecule has 0 fully saturated rings. The summed E-state index contributed by atoms with van der Waals surface area (Å²) in [7, 11) is 1.34. The van der Waals surface area contributed by atoms with Crippen LogP contribution in [0.2, 0.25) is 0 Å². The SMILES string of the molecule is COC(=O)CC(C)N1Cc2ccc(F)cc2C1=N. The van der Waals surface area contributed by atoms with Gasteiger partial charge in [0, 0.05) is 18.2 Å². The Labute approximate surface area is 105 Å². The van der Waals surface area contributed by atoms with Crippen LogP contribution >= 0.6 is 0 Å². The molecule has 1 heterocycles. The van der Waals surface area contributed by atoms with Gasteiger partial charge in [0.25, 0.3) is 0 Å². The van der Waals surface area contributed by atoms with Crippen molar-refractivity contribution in [1.29, 1.82) is 5.41 Å². The smallest absolute Gasteiger partial charge is 0.307 e. The van der Waals surface area contributed by atoms with Gasteiger partial charge >= 0.3 is 5.97 Å². The fourth-order valence-corrected chi connectivity index (χ4v) is 2.14. The lowest BCUT2D eigenvalue weighted by molar-refractivity contribution is -0.141. The molecule has 0 bridgehead atoms. The van der Waals surface area contributed by atoms with Gasteiger partial charge in [0.05, 0.1) is 13.5 Å². The van der Waals surface area contributed by atoms with Gasteiger partial charge in [-0.25, -0.2) is 4.39 Å². The number of nitrogens with one attached hydrogen (secondary N) is 1. The minimum Gasteiger partial charge on any atom is -0.469 e. The third-order valence-corrected chi connectivity index (χ3v) is 3.18. The number of fused-ring (bicyclic) bond motifs is 1. The van der Waals surface area contributed by atoms with Crippen molar-refractivity contribution in [2.75, 3.05) is 7.11 Å². The lowest BCUT2D eigenvalue weighted by atomic mass is 10.1. The third-order valence-electron chi connectivity index (χ3n) is 3.18. The number of ether oxygens (including phenoxy) is 1. The van der Waals surface area contributed by atoms with Gasteiger partial charge in [-0.2, -0.15) is 0 Å². The second-order valence-corrected chi connectivity index (χ2v) is 4.41. The summed E-state index contributed by atoms with van der Waals surface area (Å²) in [5.74, 6) is -0.390. The number of carbonyl (C=O) groups is 1. The molecule has 5 heteroatoms. The summed E-state index contributed by atoms with van der Waals surface area (Å²) in [5.41, 5.74) is 1.52. The van der Waals surface area contributed by atoms with Crippen molar-refractivity contribution in [3.05, 3.63) is 35.1 Å². The molecular weight excluding hydrogens is 235 g/mol. The number of methoxy groups -OCH3 is 1. The Morgan fingerprint density at radius 3 is 3.00 bits per heavy atom. The summed E-state index contributed by atoms with van der Waals surface area (Å²) in [4.78, 5) is 13.0. The molecule has 1 atom stereocenters. The second-order valence-electron chi connectivity index (χ2n) is 4.41. The number of carbonyl (C=O) groups excluding carboxylic acids is 1. The maximum atomic E-state index is 13.1. The van der Waals surface area contributed by atoms with Gasteiger partial charge in [-0.1, -0.05) is 6.07 Å². The number of rotatable bonds is 3. The van der Waals surface area contributed by atoms with Crippen molar-refractivity contribution in [3.63, 3.8) is 0 Å². The van der Waals surface area contributed by atoms with Crippen molar-refractivity contribution in [2.24, 2.45) is 0 Å². The highest BCUT2D eigenvalue weighted by molar-refractivity contribution is 6.00. The van der Waals surface area contributed by atoms with E-state index >= 15 is 0 Å². The van der Waals surface area contributed by atoms with Gasteiger partial charge in [0.2, 0.25) is 0 Å². The number of hydrogen-bond acceptors (Lipinski definition) is 3. The van der Waals surface area contributed by atoms with E-state index in [1.807, 2.05) is 6.92 Å². The zero-order valence-corrected chi connectivity index (χ0v) is 10.4. The summed E-state index contributed by atoms with van der Waals surface area (Å²) >= 11 is 0. The minimum atomic E-state index is -0.346. The number of nitrogens with zero attached hydrogens (tertiary/aromatic N) is 1. The predicted molar refractivity (Wildman–Crippen MR) is 64.9 cm³/mol. The van der Waals surface area contributed by atoms with E-state index in [2.05, 4.69) is 4.74 Å². The molecule has 1 N–H and O–H groups in total. The van der Waals surface area contributed by atoms with Gasteiger partial charge in [-0.3, -0.25) is 10.2 Å². The monoisotopic (exact) mass is 250 g/mol. The average molecular weight is 250 g/mol. The number of benzene rings is 1. The maximum absolute atomic E-state index is 13.1. The first-order chi connectivity index (χ1) is 8.52. The number of halogens is 1. The maximum Gasteiger partial charge on any atom is 0.307 e. The average Bonchev–Trinajstić information content (AvgIpc) is 2.66. The quantitative estimate of drug-likeness (QED) is 0.834. The molecule has 0 saturated carbocycles. The molecule has 0 radical (unpaired) electrons. The number of esters is 1. The lowest BCUT2D eigenvalue weighted by Crippen LogP contribution is -2.35. The fraction of sp³-hybridized carbons (Fsp3) is 0.385. The molecule has 1 aliphatic rings. The molecule has 0 spiro atoms. The molecule has 96 valence electrons. The molecule has 1 aromatic carbocycles. The van der Waals surface area contributed by atoms with Crippen molar-refractivity contribution in [3.8, 4) is 0 Å². The van der Waals surface area contributed by atoms with Crippen molar-refractivity contribution < 1.29 is 13.9 Å². The zero-order chi connectivity index (χ0) is 13.3. The Morgan fingerprint density at radius 2 is 2.33 bits per heavy atom. The van der Waals surface area contributed by atoms with Gasteiger partial charge in [0.1, 0.15) is 11.7 Å². The molecule has 2 rings (SSSR count). The first kappa shape index (κ1) is 12.5. The Bertz CT molecular complexity index is 502. The van der Waals surface area contributed by atoms with Crippen LogP contribution < -0.4 is 0 Å². The first-order valence-electron chi connectivity index (χ1n) is 5.73. The largest absolute Gasteiger partial charge is 0.469 e. The zero-order valence-electron chi connectivity index (χ0n) is 10.4. The Morgan fingerprint density at radius 1 is 1.61 bits per heavy atom. The summed E-state index contributed by atoms with van der Waals surface area (Å²) in [6, 6.07) is 4.30. The van der Waals surface area contributed by atoms with Crippen LogP contribution in [0, 0.1) is 11.2 Å². The van der Waals surface area contributed by atoms with Crippen LogP contribution in [-0.4, -0.2) is 29.9 Å². The molecule has 1 aliphatic heterocycles. The number of hydrogen-bond donors (Lipinski definition) is 1. The van der Waals surface area contributed by atoms with E-state index in [0.29, 0.717) is 12.1 Å². The van der Waals surface area contributed by atoms with E-state index in [9.17, 15) is 9.18 Å². The van der Waals surface area contributed by atoms with Crippen LogP contribution in [0.1, 0.15) is 24.5 Å². The molecule has 0 saturated heterocycles. The van der Waals surface area contributed by atoms with E-state index in [-0.39, 0.29) is 30.1 Å². The molecule has 1 unspecified atom stereocenters. The molecule has 0 aliphatic carbocycles. The molecular formula is C13H15FN2O2. The second kappa shape index (κ2) is 4.76. The standard InChI is InChI=1S/C13H15FN2O2/c1-8(5-12(17)18-2)16-7-9-3-4-10(14)6-11(9)13(16)15/h3-4,6,8,15H,5,7H2,1-2H3. The van der Waals surface area contributed by atoms with Gasteiger partial charge < -0.3 is 9.64 Å². The van der Waals surface area contributed by atoms with Crippen LogP contribution in [0.3, 0.4) is 0 Å². The van der Waals surface area contributed by atoms with Crippen LogP contribution in [0.4, 0.5) is 4.39 Å². The van der Waals surface area contributed by atoms with E-state index in [4.69, 9.17) is 5.41 Å². The van der Waals surface area contributed by atoms with Crippen molar-refractivity contribution >= 4 is 11.8 Å². The van der Waals surface area contributed by atoms with E-state index in [1.165, 1.54) is 19.2 Å². The molecule has 18 heavy (non-hydrogen) atoms. The normalized spacial score (nSPS) is 15.5. The highest BCUT2D eigenvalue weighted by Gasteiger charge is 2.29. The third kappa shape index (κ3) is 2.20. The molecule has 0 amide bonds. The lowest BCUT2D eigenvalue weighted by Gasteiger charge is -2.25. The van der Waals surface area contributed by atoms with Crippen molar-refractivity contribution in [1.82, 2.24) is 4.90 Å². The van der Waals surface area contributed by atoms with Gasteiger partial charge in [-0.15, -0.1) is 0 Å². The van der Waals surface area contributed by atoms with Gasteiger partial charge in [-0.05, 0) is 24.6 Å². The topological polar surface area (TPSA) is 53.4 Å². The summed E-state index contributed by atoms with van der Waals surface area (Å²) in [5, 5.41) is 8.02. The molecule has 1 aromatic rings. The summed E-state index contributed by atoms with van der Waals surface area (Å²) in [6.07, 6.45) is 0.218. The molecule has 4 nitrogen and oxygen atoms in total. The highest BCUT2D eigenvalue weighted by Crippen LogP contribution is 2.26. The summed E-state index contributed by atoms with van der Waals surface area (Å²) < 4.78 is 17.8. The fourth-order valence-electron chi connectivity index (χ4n) is 2.14. The Kier molecular flexibility index (Phi) is 3.32. The first-order valence-corrected chi connectivity index (χ1v) is 5.73. The summed E-state index contributed by atoms with van der Waals surface area (Å²) in [6.45, 7) is 2.39. The van der Waals surface area contributed by atoms with E-state index in [0.717, 1.165) is 5.56 Å². The predicted octanol–water partition coefficient (Wildman–Crippen LogP) is 1.92. The van der Waals surface area contributed by atoms with Crippen LogP contribution in [0.5, 0.6) is 0 Å². The Balaban J connectivity index is 2.16. The van der Waals surface area contributed by atoms with E-state index in [1.54, 1.807) is 11.0 Å².